The number of carbonyl (C=O) groups excluding carboxylic acids is 1. The summed E-state index contributed by atoms with van der Waals surface area (Å²) in [6.45, 7) is 13.9. The normalized spacial score (nSPS) is 43.2. The van der Waals surface area contributed by atoms with Crippen molar-refractivity contribution in [2.45, 2.75) is 103 Å². The Morgan fingerprint density at radius 2 is 1.92 bits per heavy atom. The third kappa shape index (κ3) is 4.67. The second-order valence-electron chi connectivity index (χ2n) is 14.0. The summed E-state index contributed by atoms with van der Waals surface area (Å²) in [4.78, 5) is 15.0. The second kappa shape index (κ2) is 10.8. The smallest absolute Gasteiger partial charge is 0.137 e. The first-order valence-corrected chi connectivity index (χ1v) is 15.7. The first-order valence-electron chi connectivity index (χ1n) is 15.7. The van der Waals surface area contributed by atoms with E-state index in [0.717, 1.165) is 57.2 Å². The van der Waals surface area contributed by atoms with Gasteiger partial charge < -0.3 is 14.2 Å². The predicted molar refractivity (Wildman–Crippen MR) is 150 cm³/mol. The fourth-order valence-corrected chi connectivity index (χ4v) is 10.2. The number of piperidine rings is 1. The molecule has 0 N–H and O–H groups in total. The van der Waals surface area contributed by atoms with Gasteiger partial charge in [0.15, 0.2) is 0 Å². The Hall–Kier alpha value is -1.01. The lowest BCUT2D eigenvalue weighted by Gasteiger charge is -2.42. The van der Waals surface area contributed by atoms with E-state index in [9.17, 15) is 4.79 Å². The topological polar surface area (TPSA) is 48.0 Å². The van der Waals surface area contributed by atoms with Crippen LogP contribution in [0.2, 0.25) is 0 Å². The van der Waals surface area contributed by atoms with Crippen LogP contribution >= 0.6 is 0 Å². The summed E-state index contributed by atoms with van der Waals surface area (Å²) in [5.74, 6) is 4.33. The monoisotopic (exact) mass is 525 g/mol. The van der Waals surface area contributed by atoms with E-state index in [-0.39, 0.29) is 5.60 Å². The van der Waals surface area contributed by atoms with E-state index in [1.165, 1.54) is 37.7 Å². The van der Waals surface area contributed by atoms with Crippen LogP contribution in [0, 0.1) is 35.5 Å². The van der Waals surface area contributed by atoms with Crippen LogP contribution in [-0.2, 0) is 19.0 Å². The second-order valence-corrected chi connectivity index (χ2v) is 14.0. The number of methoxy groups -OCH3 is 1. The van der Waals surface area contributed by atoms with Gasteiger partial charge in [-0.1, -0.05) is 43.1 Å². The maximum absolute atomic E-state index is 12.3. The van der Waals surface area contributed by atoms with Gasteiger partial charge in [-0.15, -0.1) is 0 Å². The van der Waals surface area contributed by atoms with Gasteiger partial charge in [0.25, 0.3) is 0 Å². The number of allylic oxidation sites excluding steroid dienone is 3. The standard InChI is InChI=1S/C33H51NO4/c1-20-14-30-32(34(19-20)10-11-37-13-12-36-5)23(4)33(38-30)9-8-27-26-7-6-24-16-25(35)15-21(2)31(24)29(26)17-28(27)22(3)18-33/h20-21,23,26-27,29-30,32H,6-19H2,1-5H3/t20-,21+,23+,26-,27-,29-,30+,32-,33-/m0/s1. The first kappa shape index (κ1) is 27.2. The predicted octanol–water partition coefficient (Wildman–Crippen LogP) is 5.98. The Balaban J connectivity index is 1.20. The molecule has 6 aliphatic rings. The fourth-order valence-electron chi connectivity index (χ4n) is 10.2. The molecule has 3 fully saturated rings. The van der Waals surface area contributed by atoms with Gasteiger partial charge in [-0.2, -0.15) is 0 Å². The van der Waals surface area contributed by atoms with Gasteiger partial charge in [0.2, 0.25) is 0 Å². The summed E-state index contributed by atoms with van der Waals surface area (Å²) in [6.07, 6.45) is 10.3. The van der Waals surface area contributed by atoms with E-state index in [1.54, 1.807) is 23.8 Å². The van der Waals surface area contributed by atoms with Crippen molar-refractivity contribution >= 4 is 5.78 Å². The number of Topliss-reactive ketones (excluding diaryl/α,β-unsaturated/α-hetero) is 1. The van der Waals surface area contributed by atoms with E-state index in [4.69, 9.17) is 14.2 Å². The molecular weight excluding hydrogens is 474 g/mol. The molecule has 0 amide bonds. The van der Waals surface area contributed by atoms with Crippen molar-refractivity contribution in [1.29, 1.82) is 0 Å². The minimum atomic E-state index is -0.0187. The first-order chi connectivity index (χ1) is 18.3. The molecule has 0 aromatic carbocycles. The van der Waals surface area contributed by atoms with Crippen molar-refractivity contribution in [3.8, 4) is 0 Å². The number of carbonyl (C=O) groups is 1. The van der Waals surface area contributed by atoms with E-state index in [1.807, 2.05) is 0 Å². The summed E-state index contributed by atoms with van der Waals surface area (Å²) >= 11 is 0. The van der Waals surface area contributed by atoms with Crippen molar-refractivity contribution in [1.82, 2.24) is 4.90 Å². The van der Waals surface area contributed by atoms with E-state index < -0.39 is 0 Å². The van der Waals surface area contributed by atoms with Gasteiger partial charge in [0, 0.05) is 45.0 Å². The van der Waals surface area contributed by atoms with Gasteiger partial charge in [-0.25, -0.2) is 0 Å². The number of rotatable bonds is 6. The third-order valence-electron chi connectivity index (χ3n) is 11.6. The van der Waals surface area contributed by atoms with Crippen LogP contribution in [0.3, 0.4) is 0 Å². The Kier molecular flexibility index (Phi) is 7.70. The summed E-state index contributed by atoms with van der Waals surface area (Å²) in [5.41, 5.74) is 6.62. The molecule has 212 valence electrons. The number of ether oxygens (including phenoxy) is 3. The number of hydrogen-bond acceptors (Lipinski definition) is 5. The molecule has 38 heavy (non-hydrogen) atoms. The van der Waals surface area contributed by atoms with Crippen molar-refractivity contribution in [2.75, 3.05) is 40.0 Å². The number of likely N-dealkylation sites (tertiary alicyclic amines) is 1. The van der Waals surface area contributed by atoms with Crippen LogP contribution in [0.5, 0.6) is 0 Å². The molecule has 0 aromatic rings. The Labute approximate surface area is 230 Å². The van der Waals surface area contributed by atoms with Crippen molar-refractivity contribution in [2.24, 2.45) is 35.5 Å². The zero-order valence-electron chi connectivity index (χ0n) is 24.6. The molecule has 0 radical (unpaired) electrons. The van der Waals surface area contributed by atoms with Crippen LogP contribution in [0.15, 0.2) is 22.3 Å². The molecule has 1 spiro atoms. The highest BCUT2D eigenvalue weighted by atomic mass is 16.5. The molecule has 2 saturated heterocycles. The maximum atomic E-state index is 12.3. The zero-order chi connectivity index (χ0) is 26.6. The Morgan fingerprint density at radius 1 is 1.08 bits per heavy atom. The van der Waals surface area contributed by atoms with Crippen LogP contribution in [0.25, 0.3) is 0 Å². The minimum absolute atomic E-state index is 0.0187. The van der Waals surface area contributed by atoms with Crippen molar-refractivity contribution in [3.05, 3.63) is 22.3 Å². The molecule has 4 aliphatic carbocycles. The number of fused-ring (bicyclic) bond motifs is 5. The zero-order valence-corrected chi connectivity index (χ0v) is 24.6. The summed E-state index contributed by atoms with van der Waals surface area (Å²) in [6, 6.07) is 0.503. The number of hydrogen-bond donors (Lipinski definition) is 0. The number of nitrogens with zero attached hydrogens (tertiary/aromatic N) is 1. The van der Waals surface area contributed by atoms with Crippen LogP contribution in [-0.4, -0.2) is 68.4 Å². The molecule has 0 aromatic heterocycles. The summed E-state index contributed by atoms with van der Waals surface area (Å²) in [7, 11) is 1.73. The molecule has 2 heterocycles. The molecule has 0 unspecified atom stereocenters. The molecular formula is C33H51NO4. The number of ketones is 1. The Morgan fingerprint density at radius 3 is 2.74 bits per heavy atom. The van der Waals surface area contributed by atoms with Gasteiger partial charge in [0.1, 0.15) is 5.78 Å². The highest BCUT2D eigenvalue weighted by molar-refractivity contribution is 5.83. The van der Waals surface area contributed by atoms with E-state index >= 15 is 0 Å². The highest BCUT2D eigenvalue weighted by Gasteiger charge is 2.58. The summed E-state index contributed by atoms with van der Waals surface area (Å²) in [5, 5.41) is 0. The van der Waals surface area contributed by atoms with Crippen LogP contribution in [0.1, 0.15) is 85.5 Å². The Bertz CT molecular complexity index is 985. The molecule has 9 atom stereocenters. The molecule has 0 bridgehead atoms. The molecule has 2 aliphatic heterocycles. The SMILES string of the molecule is COCCOCCN1C[C@@H](C)C[C@H]2O[C@]3(CC[C@@H]4C(=C(C)C3)C[C@@H]3C5=C(CC[C@@H]43)CC(=O)C[C@H]5C)[C@H](C)[C@@H]21. The van der Waals surface area contributed by atoms with Crippen LogP contribution < -0.4 is 0 Å². The molecule has 6 rings (SSSR count). The van der Waals surface area contributed by atoms with E-state index in [2.05, 4.69) is 32.6 Å². The maximum Gasteiger partial charge on any atom is 0.137 e. The van der Waals surface area contributed by atoms with E-state index in [0.29, 0.717) is 54.8 Å². The average molecular weight is 526 g/mol. The minimum Gasteiger partial charge on any atom is -0.382 e. The molecule has 1 saturated carbocycles. The van der Waals surface area contributed by atoms with Gasteiger partial charge in [-0.3, -0.25) is 9.69 Å². The largest absolute Gasteiger partial charge is 0.382 e. The third-order valence-corrected chi connectivity index (χ3v) is 11.6. The lowest BCUT2D eigenvalue weighted by molar-refractivity contribution is -0.119. The highest BCUT2D eigenvalue weighted by Crippen LogP contribution is 2.60. The van der Waals surface area contributed by atoms with Gasteiger partial charge in [0.05, 0.1) is 31.5 Å². The molecule has 5 nitrogen and oxygen atoms in total. The lowest BCUT2D eigenvalue weighted by Crippen LogP contribution is -2.52. The summed E-state index contributed by atoms with van der Waals surface area (Å²) < 4.78 is 18.3. The molecule has 5 heteroatoms. The lowest BCUT2D eigenvalue weighted by atomic mass is 9.66. The van der Waals surface area contributed by atoms with Gasteiger partial charge in [-0.05, 0) is 81.5 Å². The quantitative estimate of drug-likeness (QED) is 0.316. The van der Waals surface area contributed by atoms with Crippen LogP contribution in [0.4, 0.5) is 0 Å². The fraction of sp³-hybridized carbons (Fsp3) is 0.848. The van der Waals surface area contributed by atoms with Crippen molar-refractivity contribution in [3.63, 3.8) is 0 Å². The average Bonchev–Trinajstić information content (AvgIpc) is 3.32. The van der Waals surface area contributed by atoms with Crippen molar-refractivity contribution < 1.29 is 19.0 Å². The van der Waals surface area contributed by atoms with Gasteiger partial charge >= 0.3 is 0 Å².